The lowest BCUT2D eigenvalue weighted by Crippen LogP contribution is -2.34. The first-order valence-corrected chi connectivity index (χ1v) is 7.96. The zero-order chi connectivity index (χ0) is 15.7. The maximum atomic E-state index is 11.7. The molecule has 1 aromatic heterocycles. The Hall–Kier alpha value is -1.60. The Bertz CT molecular complexity index is 692. The predicted octanol–water partition coefficient (Wildman–Crippen LogP) is 2.59. The molecule has 0 atom stereocenters. The van der Waals surface area contributed by atoms with E-state index in [4.69, 9.17) is 9.15 Å². The lowest BCUT2D eigenvalue weighted by Gasteiger charge is -2.29. The molecule has 6 nitrogen and oxygen atoms in total. The fraction of sp³-hybridized carbons (Fsp3) is 0.467. The number of aliphatic hydroxyl groups is 1. The van der Waals surface area contributed by atoms with E-state index < -0.39 is 5.97 Å². The standard InChI is InChI=1S/C15H17BrN2O4/c1-21-14(20)10-6-12-13(7-11(10)16)22-15(17-12)18-4-2-9(8-19)3-5-18/h6-7,9,19H,2-5,8H2,1H3. The molecule has 0 aliphatic carbocycles. The number of piperidine rings is 1. The Kier molecular flexibility index (Phi) is 4.35. The molecule has 0 saturated carbocycles. The van der Waals surface area contributed by atoms with E-state index in [1.165, 1.54) is 7.11 Å². The third kappa shape index (κ3) is 2.83. The molecule has 7 heteroatoms. The van der Waals surface area contributed by atoms with E-state index in [0.717, 1.165) is 25.9 Å². The molecular weight excluding hydrogens is 352 g/mol. The number of esters is 1. The fourth-order valence-electron chi connectivity index (χ4n) is 2.65. The molecule has 1 saturated heterocycles. The van der Waals surface area contributed by atoms with E-state index in [9.17, 15) is 9.90 Å². The highest BCUT2D eigenvalue weighted by atomic mass is 79.9. The number of anilines is 1. The van der Waals surface area contributed by atoms with Crippen LogP contribution in [0.3, 0.4) is 0 Å². The minimum atomic E-state index is -0.415. The quantitative estimate of drug-likeness (QED) is 0.839. The number of oxazole rings is 1. The van der Waals surface area contributed by atoms with Crippen LogP contribution in [0.25, 0.3) is 11.1 Å². The molecule has 0 spiro atoms. The van der Waals surface area contributed by atoms with Crippen molar-refractivity contribution in [3.63, 3.8) is 0 Å². The summed E-state index contributed by atoms with van der Waals surface area (Å²) < 4.78 is 11.2. The summed E-state index contributed by atoms with van der Waals surface area (Å²) in [4.78, 5) is 18.3. The first-order valence-electron chi connectivity index (χ1n) is 7.16. The largest absolute Gasteiger partial charge is 0.465 e. The number of hydrogen-bond donors (Lipinski definition) is 1. The normalized spacial score (nSPS) is 16.2. The molecular formula is C15H17BrN2O4. The number of carbonyl (C=O) groups is 1. The Morgan fingerprint density at radius 3 is 2.86 bits per heavy atom. The summed E-state index contributed by atoms with van der Waals surface area (Å²) in [5, 5.41) is 9.19. The molecule has 0 unspecified atom stereocenters. The van der Waals surface area contributed by atoms with E-state index in [2.05, 4.69) is 25.8 Å². The molecule has 0 amide bonds. The Labute approximate surface area is 136 Å². The summed E-state index contributed by atoms with van der Waals surface area (Å²) in [5.41, 5.74) is 1.68. The number of nitrogens with zero attached hydrogens (tertiary/aromatic N) is 2. The van der Waals surface area contributed by atoms with Gasteiger partial charge < -0.3 is 19.2 Å². The van der Waals surface area contributed by atoms with E-state index in [-0.39, 0.29) is 6.61 Å². The number of benzene rings is 1. The first-order chi connectivity index (χ1) is 10.6. The zero-order valence-electron chi connectivity index (χ0n) is 12.2. The molecule has 1 N–H and O–H groups in total. The van der Waals surface area contributed by atoms with Crippen LogP contribution in [0, 0.1) is 5.92 Å². The molecule has 22 heavy (non-hydrogen) atoms. The van der Waals surface area contributed by atoms with E-state index in [0.29, 0.717) is 33.1 Å². The van der Waals surface area contributed by atoms with Crippen molar-refractivity contribution in [3.05, 3.63) is 22.2 Å². The molecule has 0 radical (unpaired) electrons. The summed E-state index contributed by atoms with van der Waals surface area (Å²) in [5.74, 6) is -0.0530. The highest BCUT2D eigenvalue weighted by Crippen LogP contribution is 2.30. The fourth-order valence-corrected chi connectivity index (χ4v) is 3.13. The molecule has 0 bridgehead atoms. The van der Waals surface area contributed by atoms with Crippen molar-refractivity contribution in [2.75, 3.05) is 31.7 Å². The number of aromatic nitrogens is 1. The summed E-state index contributed by atoms with van der Waals surface area (Å²) >= 11 is 3.35. The van der Waals surface area contributed by atoms with Gasteiger partial charge in [0.05, 0.1) is 12.7 Å². The van der Waals surface area contributed by atoms with Crippen LogP contribution < -0.4 is 4.90 Å². The van der Waals surface area contributed by atoms with Crippen molar-refractivity contribution >= 4 is 39.0 Å². The molecule has 2 aromatic rings. The van der Waals surface area contributed by atoms with Gasteiger partial charge >= 0.3 is 5.97 Å². The van der Waals surface area contributed by atoms with Crippen LogP contribution in [0.2, 0.25) is 0 Å². The predicted molar refractivity (Wildman–Crippen MR) is 85.1 cm³/mol. The molecule has 1 aliphatic heterocycles. The van der Waals surface area contributed by atoms with E-state index in [1.807, 2.05) is 0 Å². The van der Waals surface area contributed by atoms with Gasteiger partial charge in [-0.3, -0.25) is 0 Å². The second-order valence-corrected chi connectivity index (χ2v) is 6.26. The lowest BCUT2D eigenvalue weighted by molar-refractivity contribution is 0.0600. The summed E-state index contributed by atoms with van der Waals surface area (Å²) in [6.07, 6.45) is 1.85. The van der Waals surface area contributed by atoms with Crippen LogP contribution in [0.1, 0.15) is 23.2 Å². The second-order valence-electron chi connectivity index (χ2n) is 5.40. The summed E-state index contributed by atoms with van der Waals surface area (Å²) in [6.45, 7) is 1.85. The molecule has 118 valence electrons. The van der Waals surface area contributed by atoms with Gasteiger partial charge in [0.1, 0.15) is 5.52 Å². The third-order valence-corrected chi connectivity index (χ3v) is 4.67. The first kappa shape index (κ1) is 15.3. The second kappa shape index (κ2) is 6.26. The molecule has 1 aliphatic rings. The maximum absolute atomic E-state index is 11.7. The average Bonchev–Trinajstić information content (AvgIpc) is 2.96. The van der Waals surface area contributed by atoms with Gasteiger partial charge in [0, 0.05) is 24.2 Å². The highest BCUT2D eigenvalue weighted by Gasteiger charge is 2.23. The van der Waals surface area contributed by atoms with Crippen molar-refractivity contribution in [3.8, 4) is 0 Å². The Morgan fingerprint density at radius 1 is 1.50 bits per heavy atom. The SMILES string of the molecule is COC(=O)c1cc2nc(N3CCC(CO)CC3)oc2cc1Br. The minimum absolute atomic E-state index is 0.233. The van der Waals surface area contributed by atoms with Gasteiger partial charge in [-0.25, -0.2) is 4.79 Å². The minimum Gasteiger partial charge on any atom is -0.465 e. The van der Waals surface area contributed by atoms with Crippen LogP contribution in [0.5, 0.6) is 0 Å². The van der Waals surface area contributed by atoms with E-state index in [1.54, 1.807) is 12.1 Å². The number of hydrogen-bond acceptors (Lipinski definition) is 6. The van der Waals surface area contributed by atoms with Gasteiger partial charge in [0.2, 0.25) is 0 Å². The van der Waals surface area contributed by atoms with Gasteiger partial charge in [0.25, 0.3) is 6.01 Å². The number of carbonyl (C=O) groups excluding carboxylic acids is 1. The van der Waals surface area contributed by atoms with Crippen molar-refractivity contribution in [1.29, 1.82) is 0 Å². The van der Waals surface area contributed by atoms with Gasteiger partial charge in [0.15, 0.2) is 5.58 Å². The lowest BCUT2D eigenvalue weighted by atomic mass is 9.98. The van der Waals surface area contributed by atoms with Crippen LogP contribution in [-0.4, -0.2) is 42.9 Å². The van der Waals surface area contributed by atoms with Gasteiger partial charge in [-0.05, 0) is 46.8 Å². The van der Waals surface area contributed by atoms with Crippen LogP contribution in [-0.2, 0) is 4.74 Å². The maximum Gasteiger partial charge on any atom is 0.339 e. The van der Waals surface area contributed by atoms with Crippen LogP contribution >= 0.6 is 15.9 Å². The number of rotatable bonds is 3. The van der Waals surface area contributed by atoms with Gasteiger partial charge in [-0.1, -0.05) is 0 Å². The summed E-state index contributed by atoms with van der Waals surface area (Å²) in [6, 6.07) is 3.96. The topological polar surface area (TPSA) is 75.8 Å². The molecule has 1 aromatic carbocycles. The highest BCUT2D eigenvalue weighted by molar-refractivity contribution is 9.10. The van der Waals surface area contributed by atoms with Crippen molar-refractivity contribution in [1.82, 2.24) is 4.98 Å². The number of aliphatic hydroxyl groups excluding tert-OH is 1. The average molecular weight is 369 g/mol. The van der Waals surface area contributed by atoms with Crippen molar-refractivity contribution in [2.24, 2.45) is 5.92 Å². The Balaban J connectivity index is 1.88. The van der Waals surface area contributed by atoms with Crippen molar-refractivity contribution in [2.45, 2.75) is 12.8 Å². The molecule has 3 rings (SSSR count). The zero-order valence-corrected chi connectivity index (χ0v) is 13.8. The molecule has 2 heterocycles. The number of fused-ring (bicyclic) bond motifs is 1. The van der Waals surface area contributed by atoms with Gasteiger partial charge in [-0.2, -0.15) is 4.98 Å². The van der Waals surface area contributed by atoms with Crippen molar-refractivity contribution < 1.29 is 19.1 Å². The van der Waals surface area contributed by atoms with Crippen LogP contribution in [0.15, 0.2) is 21.0 Å². The van der Waals surface area contributed by atoms with E-state index >= 15 is 0 Å². The number of halogens is 1. The number of methoxy groups -OCH3 is 1. The molecule has 1 fully saturated rings. The number of ether oxygens (including phenoxy) is 1. The van der Waals surface area contributed by atoms with Crippen LogP contribution in [0.4, 0.5) is 6.01 Å². The monoisotopic (exact) mass is 368 g/mol. The summed E-state index contributed by atoms with van der Waals surface area (Å²) in [7, 11) is 1.35. The van der Waals surface area contributed by atoms with Gasteiger partial charge in [-0.15, -0.1) is 0 Å². The smallest absolute Gasteiger partial charge is 0.339 e. The third-order valence-electron chi connectivity index (χ3n) is 4.01. The Morgan fingerprint density at radius 2 is 2.23 bits per heavy atom.